The SMILES string of the molecule is CN(CCCN)Cc1cn2ccccc2c1C#N. The van der Waals surface area contributed by atoms with Gasteiger partial charge in [-0.05, 0) is 38.7 Å². The van der Waals surface area contributed by atoms with Crippen molar-refractivity contribution in [1.82, 2.24) is 9.30 Å². The summed E-state index contributed by atoms with van der Waals surface area (Å²) in [6.07, 6.45) is 4.98. The highest BCUT2D eigenvalue weighted by molar-refractivity contribution is 5.65. The fourth-order valence-electron chi connectivity index (χ4n) is 2.16. The molecule has 0 aliphatic carbocycles. The molecule has 0 fully saturated rings. The highest BCUT2D eigenvalue weighted by Crippen LogP contribution is 2.18. The molecule has 4 heteroatoms. The summed E-state index contributed by atoms with van der Waals surface area (Å²) in [6.45, 7) is 2.44. The van der Waals surface area contributed by atoms with E-state index < -0.39 is 0 Å². The molecule has 0 amide bonds. The molecular weight excluding hydrogens is 224 g/mol. The van der Waals surface area contributed by atoms with E-state index in [4.69, 9.17) is 5.73 Å². The van der Waals surface area contributed by atoms with E-state index in [-0.39, 0.29) is 0 Å². The van der Waals surface area contributed by atoms with Crippen molar-refractivity contribution in [2.75, 3.05) is 20.1 Å². The maximum atomic E-state index is 9.29. The monoisotopic (exact) mass is 242 g/mol. The van der Waals surface area contributed by atoms with Gasteiger partial charge in [0.15, 0.2) is 0 Å². The second kappa shape index (κ2) is 5.67. The number of nitriles is 1. The highest BCUT2D eigenvalue weighted by Gasteiger charge is 2.11. The number of aromatic nitrogens is 1. The Balaban J connectivity index is 2.25. The van der Waals surface area contributed by atoms with Crippen LogP contribution in [0.2, 0.25) is 0 Å². The first-order chi connectivity index (χ1) is 8.76. The maximum Gasteiger partial charge on any atom is 0.102 e. The molecule has 2 N–H and O–H groups in total. The van der Waals surface area contributed by atoms with Crippen LogP contribution in [-0.2, 0) is 6.54 Å². The van der Waals surface area contributed by atoms with Gasteiger partial charge in [0, 0.05) is 24.5 Å². The maximum absolute atomic E-state index is 9.29. The van der Waals surface area contributed by atoms with Gasteiger partial charge in [0.25, 0.3) is 0 Å². The summed E-state index contributed by atoms with van der Waals surface area (Å²) >= 11 is 0. The molecule has 0 saturated heterocycles. The molecule has 0 saturated carbocycles. The second-order valence-electron chi connectivity index (χ2n) is 4.51. The highest BCUT2D eigenvalue weighted by atomic mass is 15.1. The Morgan fingerprint density at radius 2 is 2.28 bits per heavy atom. The molecule has 2 aromatic rings. The smallest absolute Gasteiger partial charge is 0.102 e. The van der Waals surface area contributed by atoms with Gasteiger partial charge in [-0.2, -0.15) is 5.26 Å². The minimum Gasteiger partial charge on any atom is -0.330 e. The van der Waals surface area contributed by atoms with E-state index in [2.05, 4.69) is 18.0 Å². The predicted molar refractivity (Wildman–Crippen MR) is 72.1 cm³/mol. The topological polar surface area (TPSA) is 57.5 Å². The van der Waals surface area contributed by atoms with E-state index in [1.165, 1.54) is 0 Å². The molecule has 0 unspecified atom stereocenters. The molecule has 2 aromatic heterocycles. The van der Waals surface area contributed by atoms with Crippen LogP contribution in [0.4, 0.5) is 0 Å². The van der Waals surface area contributed by atoms with Crippen LogP contribution in [0.15, 0.2) is 30.6 Å². The lowest BCUT2D eigenvalue weighted by molar-refractivity contribution is 0.324. The van der Waals surface area contributed by atoms with E-state index in [1.807, 2.05) is 35.0 Å². The standard InChI is InChI=1S/C14H18N4/c1-17(7-4-6-15)10-12-11-18-8-3-2-5-14(18)13(12)9-16/h2-3,5,8,11H,4,6-7,10,15H2,1H3. The zero-order valence-corrected chi connectivity index (χ0v) is 10.6. The third-order valence-corrected chi connectivity index (χ3v) is 3.06. The average molecular weight is 242 g/mol. The number of fused-ring (bicyclic) bond motifs is 1. The molecule has 2 heterocycles. The first-order valence-corrected chi connectivity index (χ1v) is 6.13. The van der Waals surface area contributed by atoms with Gasteiger partial charge >= 0.3 is 0 Å². The quantitative estimate of drug-likeness (QED) is 0.866. The summed E-state index contributed by atoms with van der Waals surface area (Å²) in [5, 5.41) is 9.29. The van der Waals surface area contributed by atoms with Crippen LogP contribution in [0.5, 0.6) is 0 Å². The number of nitrogens with two attached hydrogens (primary N) is 1. The van der Waals surface area contributed by atoms with Crippen LogP contribution in [-0.4, -0.2) is 29.4 Å². The van der Waals surface area contributed by atoms with Gasteiger partial charge in [0.2, 0.25) is 0 Å². The van der Waals surface area contributed by atoms with Gasteiger partial charge in [0.05, 0.1) is 11.1 Å². The number of pyridine rings is 1. The largest absolute Gasteiger partial charge is 0.330 e. The first-order valence-electron chi connectivity index (χ1n) is 6.13. The minimum absolute atomic E-state index is 0.702. The van der Waals surface area contributed by atoms with Crippen LogP contribution in [0, 0.1) is 11.3 Å². The van der Waals surface area contributed by atoms with E-state index in [0.717, 1.165) is 36.2 Å². The molecule has 0 radical (unpaired) electrons. The fourth-order valence-corrected chi connectivity index (χ4v) is 2.16. The number of hydrogen-bond donors (Lipinski definition) is 1. The summed E-state index contributed by atoms with van der Waals surface area (Å²) in [5.74, 6) is 0. The summed E-state index contributed by atoms with van der Waals surface area (Å²) < 4.78 is 2.00. The van der Waals surface area contributed by atoms with Crippen LogP contribution >= 0.6 is 0 Å². The molecule has 0 spiro atoms. The number of nitrogens with zero attached hydrogens (tertiary/aromatic N) is 3. The zero-order chi connectivity index (χ0) is 13.0. The Bertz CT molecular complexity index is 565. The van der Waals surface area contributed by atoms with Crippen LogP contribution in [0.3, 0.4) is 0 Å². The molecule has 0 bridgehead atoms. The molecular formula is C14H18N4. The summed E-state index contributed by atoms with van der Waals surface area (Å²) in [5.41, 5.74) is 8.32. The van der Waals surface area contributed by atoms with Gasteiger partial charge in [-0.1, -0.05) is 6.07 Å². The third kappa shape index (κ3) is 2.53. The van der Waals surface area contributed by atoms with Crippen molar-refractivity contribution >= 4 is 5.52 Å². The Morgan fingerprint density at radius 1 is 1.44 bits per heavy atom. The Kier molecular flexibility index (Phi) is 3.98. The van der Waals surface area contributed by atoms with E-state index in [9.17, 15) is 5.26 Å². The minimum atomic E-state index is 0.702. The van der Waals surface area contributed by atoms with Gasteiger partial charge in [-0.25, -0.2) is 0 Å². The molecule has 18 heavy (non-hydrogen) atoms. The zero-order valence-electron chi connectivity index (χ0n) is 10.6. The molecule has 0 aliphatic heterocycles. The van der Waals surface area contributed by atoms with Crippen molar-refractivity contribution in [2.45, 2.75) is 13.0 Å². The molecule has 94 valence electrons. The Hall–Kier alpha value is -1.83. The normalized spacial score (nSPS) is 11.0. The van der Waals surface area contributed by atoms with E-state index in [0.29, 0.717) is 6.54 Å². The lowest BCUT2D eigenvalue weighted by Crippen LogP contribution is -2.21. The van der Waals surface area contributed by atoms with Crippen LogP contribution < -0.4 is 5.73 Å². The lowest BCUT2D eigenvalue weighted by Gasteiger charge is -2.15. The number of hydrogen-bond acceptors (Lipinski definition) is 3. The van der Waals surface area contributed by atoms with Crippen LogP contribution in [0.1, 0.15) is 17.5 Å². The summed E-state index contributed by atoms with van der Waals surface area (Å²) in [4.78, 5) is 2.20. The van der Waals surface area contributed by atoms with Gasteiger partial charge in [-0.3, -0.25) is 0 Å². The van der Waals surface area contributed by atoms with Crippen LogP contribution in [0.25, 0.3) is 5.52 Å². The van der Waals surface area contributed by atoms with Gasteiger partial charge < -0.3 is 15.0 Å². The molecule has 0 aliphatic rings. The van der Waals surface area contributed by atoms with Crippen molar-refractivity contribution in [2.24, 2.45) is 5.73 Å². The van der Waals surface area contributed by atoms with Gasteiger partial charge in [0.1, 0.15) is 6.07 Å². The Labute approximate surface area is 107 Å². The van der Waals surface area contributed by atoms with E-state index in [1.54, 1.807) is 0 Å². The molecule has 0 atom stereocenters. The lowest BCUT2D eigenvalue weighted by atomic mass is 10.1. The first kappa shape index (κ1) is 12.6. The van der Waals surface area contributed by atoms with E-state index >= 15 is 0 Å². The second-order valence-corrected chi connectivity index (χ2v) is 4.51. The van der Waals surface area contributed by atoms with Crippen molar-refractivity contribution < 1.29 is 0 Å². The Morgan fingerprint density at radius 3 is 3.00 bits per heavy atom. The number of rotatable bonds is 5. The molecule has 0 aromatic carbocycles. The average Bonchev–Trinajstić information content (AvgIpc) is 2.73. The third-order valence-electron chi connectivity index (χ3n) is 3.06. The van der Waals surface area contributed by atoms with Crippen molar-refractivity contribution in [1.29, 1.82) is 5.26 Å². The fraction of sp³-hybridized carbons (Fsp3) is 0.357. The van der Waals surface area contributed by atoms with Crippen molar-refractivity contribution in [3.63, 3.8) is 0 Å². The summed E-state index contributed by atoms with van der Waals surface area (Å²) in [6, 6.07) is 8.21. The van der Waals surface area contributed by atoms with Crippen molar-refractivity contribution in [3.8, 4) is 6.07 Å². The summed E-state index contributed by atoms with van der Waals surface area (Å²) in [7, 11) is 2.05. The molecule has 4 nitrogen and oxygen atoms in total. The van der Waals surface area contributed by atoms with Crippen molar-refractivity contribution in [3.05, 3.63) is 41.7 Å². The predicted octanol–water partition coefficient (Wildman–Crippen LogP) is 1.59. The van der Waals surface area contributed by atoms with Gasteiger partial charge in [-0.15, -0.1) is 0 Å². The molecule has 2 rings (SSSR count).